The van der Waals surface area contributed by atoms with Crippen LogP contribution < -0.4 is 10.1 Å². The Kier molecular flexibility index (Phi) is 4.83. The molecular weight excluding hydrogens is 347 g/mol. The lowest BCUT2D eigenvalue weighted by Gasteiger charge is -2.10. The summed E-state index contributed by atoms with van der Waals surface area (Å²) in [5.41, 5.74) is 0.00564. The zero-order valence-corrected chi connectivity index (χ0v) is 13.2. The second kappa shape index (κ2) is 7.22. The van der Waals surface area contributed by atoms with Crippen LogP contribution in [-0.2, 0) is 6.18 Å². The summed E-state index contributed by atoms with van der Waals surface area (Å²) < 4.78 is 43.1. The van der Waals surface area contributed by atoms with Gasteiger partial charge in [0.25, 0.3) is 5.91 Å². The van der Waals surface area contributed by atoms with Gasteiger partial charge in [-0.3, -0.25) is 4.79 Å². The molecule has 0 atom stereocenters. The van der Waals surface area contributed by atoms with Crippen LogP contribution in [0.4, 0.5) is 18.9 Å². The average Bonchev–Trinajstić information content (AvgIpc) is 2.64. The molecule has 0 aliphatic carbocycles. The van der Waals surface area contributed by atoms with Crippen molar-refractivity contribution in [2.75, 3.05) is 5.32 Å². The molecule has 5 nitrogen and oxygen atoms in total. The van der Waals surface area contributed by atoms with Gasteiger partial charge in [-0.1, -0.05) is 0 Å². The number of nitrogens with zero attached hydrogens (tertiary/aromatic N) is 2. The van der Waals surface area contributed by atoms with Crippen LogP contribution in [0.25, 0.3) is 0 Å². The molecule has 1 N–H and O–H groups in total. The van der Waals surface area contributed by atoms with Gasteiger partial charge in [0.2, 0.25) is 0 Å². The van der Waals surface area contributed by atoms with E-state index in [9.17, 15) is 18.0 Å². The van der Waals surface area contributed by atoms with E-state index in [2.05, 4.69) is 15.3 Å². The summed E-state index contributed by atoms with van der Waals surface area (Å²) in [6, 6.07) is 12.3. The first-order valence-corrected chi connectivity index (χ1v) is 7.44. The van der Waals surface area contributed by atoms with Crippen LogP contribution in [0.3, 0.4) is 0 Å². The predicted molar refractivity (Wildman–Crippen MR) is 87.9 cm³/mol. The van der Waals surface area contributed by atoms with Gasteiger partial charge < -0.3 is 10.1 Å². The van der Waals surface area contributed by atoms with E-state index >= 15 is 0 Å². The summed E-state index contributed by atoms with van der Waals surface area (Å²) in [6.07, 6.45) is -1.65. The third-order valence-corrected chi connectivity index (χ3v) is 3.34. The number of amides is 1. The molecule has 132 valence electrons. The maximum Gasteiger partial charge on any atom is 0.416 e. The Morgan fingerprint density at radius 1 is 0.923 bits per heavy atom. The van der Waals surface area contributed by atoms with Crippen LogP contribution in [0, 0.1) is 0 Å². The fourth-order valence-corrected chi connectivity index (χ4v) is 2.07. The summed E-state index contributed by atoms with van der Waals surface area (Å²) >= 11 is 0. The topological polar surface area (TPSA) is 64.1 Å². The second-order valence-electron chi connectivity index (χ2n) is 5.20. The van der Waals surface area contributed by atoms with E-state index in [4.69, 9.17) is 4.74 Å². The minimum Gasteiger partial charge on any atom is -0.457 e. The zero-order chi connectivity index (χ0) is 18.6. The van der Waals surface area contributed by atoms with E-state index in [1.807, 2.05) is 0 Å². The van der Waals surface area contributed by atoms with Crippen molar-refractivity contribution in [2.45, 2.75) is 6.18 Å². The highest BCUT2D eigenvalue weighted by molar-refractivity contribution is 6.02. The SMILES string of the molecule is O=C(Nc1ccc(Oc2ccc(C(F)(F)F)cc2)cc1)c1ccncn1. The van der Waals surface area contributed by atoms with Crippen LogP contribution in [-0.4, -0.2) is 15.9 Å². The number of hydrogen-bond acceptors (Lipinski definition) is 4. The second-order valence-corrected chi connectivity index (χ2v) is 5.20. The maximum absolute atomic E-state index is 12.5. The number of carbonyl (C=O) groups excluding carboxylic acids is 1. The third kappa shape index (κ3) is 4.35. The lowest BCUT2D eigenvalue weighted by Crippen LogP contribution is -2.13. The fourth-order valence-electron chi connectivity index (χ4n) is 2.07. The number of nitrogens with one attached hydrogen (secondary N) is 1. The van der Waals surface area contributed by atoms with Crippen molar-refractivity contribution in [3.05, 3.63) is 78.4 Å². The van der Waals surface area contributed by atoms with Crippen molar-refractivity contribution < 1.29 is 22.7 Å². The molecule has 1 aromatic heterocycles. The molecule has 0 aliphatic heterocycles. The molecule has 0 spiro atoms. The first-order chi connectivity index (χ1) is 12.4. The fraction of sp³-hybridized carbons (Fsp3) is 0.0556. The van der Waals surface area contributed by atoms with Gasteiger partial charge in [-0.2, -0.15) is 13.2 Å². The quantitative estimate of drug-likeness (QED) is 0.743. The Morgan fingerprint density at radius 3 is 2.08 bits per heavy atom. The number of ether oxygens (including phenoxy) is 1. The maximum atomic E-state index is 12.5. The van der Waals surface area contributed by atoms with E-state index < -0.39 is 11.7 Å². The van der Waals surface area contributed by atoms with Gasteiger partial charge in [-0.15, -0.1) is 0 Å². The summed E-state index contributed by atoms with van der Waals surface area (Å²) in [6.45, 7) is 0. The van der Waals surface area contributed by atoms with Crippen LogP contribution in [0.15, 0.2) is 67.1 Å². The van der Waals surface area contributed by atoms with Gasteiger partial charge in [0.05, 0.1) is 5.56 Å². The van der Waals surface area contributed by atoms with Gasteiger partial charge in [-0.05, 0) is 54.6 Å². The van der Waals surface area contributed by atoms with Crippen LogP contribution in [0.2, 0.25) is 0 Å². The number of alkyl halides is 3. The standard InChI is InChI=1S/C18H12F3N3O2/c19-18(20,21)12-1-5-14(6-2-12)26-15-7-3-13(4-8-15)24-17(25)16-9-10-22-11-23-16/h1-11H,(H,24,25). The van der Waals surface area contributed by atoms with Crippen molar-refractivity contribution in [1.29, 1.82) is 0 Å². The molecule has 26 heavy (non-hydrogen) atoms. The largest absolute Gasteiger partial charge is 0.457 e. The Balaban J connectivity index is 1.63. The number of rotatable bonds is 4. The molecule has 0 bridgehead atoms. The number of anilines is 1. The van der Waals surface area contributed by atoms with Gasteiger partial charge in [0.1, 0.15) is 23.5 Å². The van der Waals surface area contributed by atoms with Crippen LogP contribution in [0.1, 0.15) is 16.1 Å². The van der Waals surface area contributed by atoms with E-state index in [1.54, 1.807) is 24.3 Å². The number of halogens is 3. The smallest absolute Gasteiger partial charge is 0.416 e. The molecule has 0 fully saturated rings. The molecule has 3 rings (SSSR count). The third-order valence-electron chi connectivity index (χ3n) is 3.34. The summed E-state index contributed by atoms with van der Waals surface area (Å²) in [4.78, 5) is 19.6. The highest BCUT2D eigenvalue weighted by Crippen LogP contribution is 2.31. The molecule has 0 radical (unpaired) electrons. The lowest BCUT2D eigenvalue weighted by molar-refractivity contribution is -0.137. The van der Waals surface area contributed by atoms with E-state index in [0.717, 1.165) is 12.1 Å². The van der Waals surface area contributed by atoms with Crippen molar-refractivity contribution in [1.82, 2.24) is 9.97 Å². The molecule has 0 unspecified atom stereocenters. The molecule has 2 aromatic carbocycles. The number of benzene rings is 2. The molecule has 0 aliphatic rings. The normalized spacial score (nSPS) is 11.0. The Bertz CT molecular complexity index is 880. The predicted octanol–water partition coefficient (Wildman–Crippen LogP) is 4.54. The van der Waals surface area contributed by atoms with Crippen molar-refractivity contribution >= 4 is 11.6 Å². The highest BCUT2D eigenvalue weighted by Gasteiger charge is 2.30. The summed E-state index contributed by atoms with van der Waals surface area (Å²) in [7, 11) is 0. The number of hydrogen-bond donors (Lipinski definition) is 1. The summed E-state index contributed by atoms with van der Waals surface area (Å²) in [5.74, 6) is 0.310. The Hall–Kier alpha value is -3.42. The summed E-state index contributed by atoms with van der Waals surface area (Å²) in [5, 5.41) is 2.66. The van der Waals surface area contributed by atoms with Crippen molar-refractivity contribution in [2.24, 2.45) is 0 Å². The molecule has 3 aromatic rings. The molecule has 1 amide bonds. The zero-order valence-electron chi connectivity index (χ0n) is 13.2. The van der Waals surface area contributed by atoms with Gasteiger partial charge in [-0.25, -0.2) is 9.97 Å². The van der Waals surface area contributed by atoms with Gasteiger partial charge in [0, 0.05) is 11.9 Å². The van der Waals surface area contributed by atoms with Crippen molar-refractivity contribution in [3.8, 4) is 11.5 Å². The minimum atomic E-state index is -4.39. The lowest BCUT2D eigenvalue weighted by atomic mass is 10.2. The average molecular weight is 359 g/mol. The monoisotopic (exact) mass is 359 g/mol. The first-order valence-electron chi connectivity index (χ1n) is 7.44. The molecule has 0 saturated carbocycles. The highest BCUT2D eigenvalue weighted by atomic mass is 19.4. The minimum absolute atomic E-state index is 0.227. The van der Waals surface area contributed by atoms with E-state index in [1.165, 1.54) is 30.7 Å². The molecular formula is C18H12F3N3O2. The Labute approximate surface area is 146 Å². The Morgan fingerprint density at radius 2 is 1.54 bits per heavy atom. The molecule has 0 saturated heterocycles. The number of carbonyl (C=O) groups is 1. The number of aromatic nitrogens is 2. The van der Waals surface area contributed by atoms with Crippen molar-refractivity contribution in [3.63, 3.8) is 0 Å². The van der Waals surface area contributed by atoms with E-state index in [-0.39, 0.29) is 17.4 Å². The van der Waals surface area contributed by atoms with Gasteiger partial charge in [0.15, 0.2) is 0 Å². The van der Waals surface area contributed by atoms with E-state index in [0.29, 0.717) is 11.4 Å². The van der Waals surface area contributed by atoms with Gasteiger partial charge >= 0.3 is 6.18 Å². The van der Waals surface area contributed by atoms with Crippen LogP contribution >= 0.6 is 0 Å². The molecule has 1 heterocycles. The molecule has 8 heteroatoms. The van der Waals surface area contributed by atoms with Crippen LogP contribution in [0.5, 0.6) is 11.5 Å². The first kappa shape index (κ1) is 17.4.